The van der Waals surface area contributed by atoms with Crippen LogP contribution >= 0.6 is 0 Å². The lowest BCUT2D eigenvalue weighted by Crippen LogP contribution is -2.35. The van der Waals surface area contributed by atoms with Gasteiger partial charge in [-0.3, -0.25) is 4.79 Å². The predicted octanol–water partition coefficient (Wildman–Crippen LogP) is 0.460. The van der Waals surface area contributed by atoms with Gasteiger partial charge in [0, 0.05) is 31.1 Å². The first kappa shape index (κ1) is 16.9. The van der Waals surface area contributed by atoms with E-state index in [1.165, 1.54) is 0 Å². The van der Waals surface area contributed by atoms with E-state index in [1.54, 1.807) is 17.0 Å². The summed E-state index contributed by atoms with van der Waals surface area (Å²) in [7, 11) is 0. The van der Waals surface area contributed by atoms with Gasteiger partial charge < -0.3 is 20.7 Å². The first-order valence-corrected chi connectivity index (χ1v) is 8.89. The highest BCUT2D eigenvalue weighted by Crippen LogP contribution is 2.29. The molecule has 1 aromatic heterocycles. The number of benzene rings is 1. The van der Waals surface area contributed by atoms with Crippen molar-refractivity contribution < 1.29 is 14.3 Å². The maximum absolute atomic E-state index is 12.9. The molecule has 0 bridgehead atoms. The maximum atomic E-state index is 12.9. The van der Waals surface area contributed by atoms with Crippen molar-refractivity contribution in [2.24, 2.45) is 5.73 Å². The number of nitrogens with zero attached hydrogens (tertiary/aromatic N) is 3. The second-order valence-corrected chi connectivity index (χ2v) is 6.77. The number of hydrogen-bond acceptors (Lipinski definition) is 7. The minimum Gasteiger partial charge on any atom is -0.422 e. The highest BCUT2D eigenvalue weighted by Gasteiger charge is 2.32. The molecule has 136 valence electrons. The van der Waals surface area contributed by atoms with Gasteiger partial charge in [0.15, 0.2) is 11.4 Å². The van der Waals surface area contributed by atoms with E-state index in [2.05, 4.69) is 15.5 Å². The minimum atomic E-state index is -0.480. The molecule has 2 saturated heterocycles. The number of aromatic nitrogens is 2. The minimum absolute atomic E-state index is 0.0782. The number of fused-ring (bicyclic) bond motifs is 1. The summed E-state index contributed by atoms with van der Waals surface area (Å²) in [6.07, 6.45) is 2.43. The summed E-state index contributed by atoms with van der Waals surface area (Å²) in [5.41, 5.74) is 6.51. The van der Waals surface area contributed by atoms with E-state index >= 15 is 0 Å². The molecule has 2 aliphatic rings. The Bertz CT molecular complexity index is 850. The molecule has 2 unspecified atom stereocenters. The van der Waals surface area contributed by atoms with Crippen molar-refractivity contribution in [1.29, 1.82) is 0 Å². The zero-order valence-corrected chi connectivity index (χ0v) is 14.4. The molecule has 2 aliphatic heterocycles. The fraction of sp³-hybridized carbons (Fsp3) is 0.444. The second-order valence-electron chi connectivity index (χ2n) is 6.77. The van der Waals surface area contributed by atoms with Crippen LogP contribution in [-0.2, 0) is 4.79 Å². The van der Waals surface area contributed by atoms with Crippen molar-refractivity contribution in [3.05, 3.63) is 30.0 Å². The van der Waals surface area contributed by atoms with Gasteiger partial charge in [-0.05, 0) is 31.4 Å². The Hall–Kier alpha value is -2.58. The lowest BCUT2D eigenvalue weighted by Gasteiger charge is -2.18. The maximum Gasteiger partial charge on any atom is 0.328 e. The normalized spacial score (nSPS) is 22.7. The first-order chi connectivity index (χ1) is 12.6. The van der Waals surface area contributed by atoms with E-state index in [4.69, 9.17) is 10.5 Å². The van der Waals surface area contributed by atoms with Gasteiger partial charge in [-0.25, -0.2) is 4.79 Å². The summed E-state index contributed by atoms with van der Waals surface area (Å²) in [5, 5.41) is 11.9. The monoisotopic (exact) mass is 355 g/mol. The van der Waals surface area contributed by atoms with E-state index in [-0.39, 0.29) is 23.4 Å². The van der Waals surface area contributed by atoms with Crippen molar-refractivity contribution in [2.45, 2.75) is 31.3 Å². The zero-order valence-electron chi connectivity index (χ0n) is 14.4. The van der Waals surface area contributed by atoms with Crippen LogP contribution < -0.4 is 15.8 Å². The SMILES string of the molecule is NC1CNC(C(=O)Oc2c(C(=O)N3CCCC3)nnc3ccccc23)C1. The topological polar surface area (TPSA) is 110 Å². The average Bonchev–Trinajstić information content (AvgIpc) is 3.33. The van der Waals surface area contributed by atoms with Gasteiger partial charge in [0.2, 0.25) is 0 Å². The summed E-state index contributed by atoms with van der Waals surface area (Å²) >= 11 is 0. The number of rotatable bonds is 3. The third-order valence-electron chi connectivity index (χ3n) is 4.87. The van der Waals surface area contributed by atoms with Crippen LogP contribution in [0.5, 0.6) is 5.75 Å². The van der Waals surface area contributed by atoms with E-state index in [1.807, 2.05) is 12.1 Å². The van der Waals surface area contributed by atoms with Crippen molar-refractivity contribution in [1.82, 2.24) is 20.4 Å². The van der Waals surface area contributed by atoms with E-state index in [9.17, 15) is 9.59 Å². The fourth-order valence-corrected chi connectivity index (χ4v) is 3.46. The van der Waals surface area contributed by atoms with Crippen LogP contribution in [0.4, 0.5) is 0 Å². The molecular formula is C18H21N5O3. The molecule has 3 heterocycles. The Labute approximate surface area is 150 Å². The Morgan fingerprint density at radius 2 is 1.96 bits per heavy atom. The summed E-state index contributed by atoms with van der Waals surface area (Å²) in [4.78, 5) is 27.2. The summed E-state index contributed by atoms with van der Waals surface area (Å²) in [6, 6.07) is 6.63. The number of nitrogens with one attached hydrogen (secondary N) is 1. The van der Waals surface area contributed by atoms with Crippen molar-refractivity contribution in [2.75, 3.05) is 19.6 Å². The van der Waals surface area contributed by atoms with Crippen LogP contribution in [-0.4, -0.2) is 58.7 Å². The molecule has 1 aromatic carbocycles. The summed E-state index contributed by atoms with van der Waals surface area (Å²) in [6.45, 7) is 1.92. The van der Waals surface area contributed by atoms with E-state index < -0.39 is 12.0 Å². The van der Waals surface area contributed by atoms with Crippen LogP contribution in [0.2, 0.25) is 0 Å². The first-order valence-electron chi connectivity index (χ1n) is 8.89. The van der Waals surface area contributed by atoms with Gasteiger partial charge in [0.1, 0.15) is 6.04 Å². The molecule has 4 rings (SSSR count). The number of amides is 1. The Balaban J connectivity index is 1.71. The molecule has 2 aromatic rings. The highest BCUT2D eigenvalue weighted by atomic mass is 16.5. The van der Waals surface area contributed by atoms with Gasteiger partial charge in [0.05, 0.1) is 5.52 Å². The molecule has 2 fully saturated rings. The third kappa shape index (κ3) is 3.13. The molecule has 1 amide bonds. The molecule has 3 N–H and O–H groups in total. The Morgan fingerprint density at radius 1 is 1.19 bits per heavy atom. The molecule has 26 heavy (non-hydrogen) atoms. The van der Waals surface area contributed by atoms with Gasteiger partial charge >= 0.3 is 5.97 Å². The highest BCUT2D eigenvalue weighted by molar-refractivity contribution is 6.02. The quantitative estimate of drug-likeness (QED) is 0.770. The molecule has 0 saturated carbocycles. The standard InChI is InChI=1S/C18H21N5O3/c19-11-9-14(20-10-11)18(25)26-16-12-5-1-2-6-13(12)21-22-15(16)17(24)23-7-3-4-8-23/h1-2,5-6,11,14,20H,3-4,7-10,19H2. The Kier molecular flexibility index (Phi) is 4.52. The van der Waals surface area contributed by atoms with Crippen LogP contribution in [0.25, 0.3) is 10.9 Å². The van der Waals surface area contributed by atoms with Crippen LogP contribution in [0.15, 0.2) is 24.3 Å². The number of carbonyl (C=O) groups is 2. The number of nitrogens with two attached hydrogens (primary N) is 1. The fourth-order valence-electron chi connectivity index (χ4n) is 3.46. The largest absolute Gasteiger partial charge is 0.422 e. The smallest absolute Gasteiger partial charge is 0.328 e. The molecule has 2 atom stereocenters. The molecular weight excluding hydrogens is 334 g/mol. The molecule has 0 radical (unpaired) electrons. The average molecular weight is 355 g/mol. The van der Waals surface area contributed by atoms with E-state index in [0.29, 0.717) is 37.0 Å². The number of likely N-dealkylation sites (tertiary alicyclic amines) is 1. The summed E-state index contributed by atoms with van der Waals surface area (Å²) in [5.74, 6) is -0.522. The van der Waals surface area contributed by atoms with Crippen molar-refractivity contribution in [3.8, 4) is 5.75 Å². The lowest BCUT2D eigenvalue weighted by atomic mass is 10.1. The van der Waals surface area contributed by atoms with Gasteiger partial charge in [-0.1, -0.05) is 12.1 Å². The van der Waals surface area contributed by atoms with Gasteiger partial charge in [0.25, 0.3) is 5.91 Å². The van der Waals surface area contributed by atoms with Crippen molar-refractivity contribution >= 4 is 22.8 Å². The predicted molar refractivity (Wildman–Crippen MR) is 94.7 cm³/mol. The second kappa shape index (κ2) is 6.97. The molecule has 8 heteroatoms. The number of esters is 1. The molecule has 0 spiro atoms. The van der Waals surface area contributed by atoms with E-state index in [0.717, 1.165) is 12.8 Å². The number of hydrogen-bond donors (Lipinski definition) is 2. The number of carbonyl (C=O) groups excluding carboxylic acids is 2. The lowest BCUT2D eigenvalue weighted by molar-refractivity contribution is -0.136. The summed E-state index contributed by atoms with van der Waals surface area (Å²) < 4.78 is 5.66. The van der Waals surface area contributed by atoms with Crippen LogP contribution in [0.1, 0.15) is 29.8 Å². The third-order valence-corrected chi connectivity index (χ3v) is 4.87. The van der Waals surface area contributed by atoms with Crippen LogP contribution in [0.3, 0.4) is 0 Å². The zero-order chi connectivity index (χ0) is 18.1. The number of ether oxygens (including phenoxy) is 1. The Morgan fingerprint density at radius 3 is 2.69 bits per heavy atom. The van der Waals surface area contributed by atoms with Crippen LogP contribution in [0, 0.1) is 0 Å². The van der Waals surface area contributed by atoms with Gasteiger partial charge in [-0.2, -0.15) is 0 Å². The molecule has 0 aliphatic carbocycles. The molecule has 8 nitrogen and oxygen atoms in total. The van der Waals surface area contributed by atoms with Crippen molar-refractivity contribution in [3.63, 3.8) is 0 Å². The van der Waals surface area contributed by atoms with Gasteiger partial charge in [-0.15, -0.1) is 10.2 Å².